The van der Waals surface area contributed by atoms with Gasteiger partial charge in [0.2, 0.25) is 5.88 Å². The first-order chi connectivity index (χ1) is 17.3. The molecule has 36 heavy (non-hydrogen) atoms. The minimum absolute atomic E-state index is 0.0850. The van der Waals surface area contributed by atoms with E-state index in [1.54, 1.807) is 0 Å². The van der Waals surface area contributed by atoms with Gasteiger partial charge in [-0.05, 0) is 30.2 Å². The fourth-order valence-corrected chi connectivity index (χ4v) is 4.29. The summed E-state index contributed by atoms with van der Waals surface area (Å²) in [4.78, 5) is 17.9. The highest BCUT2D eigenvalue weighted by Crippen LogP contribution is 2.36. The molecule has 190 valence electrons. The Morgan fingerprint density at radius 2 is 1.81 bits per heavy atom. The molecule has 0 amide bonds. The van der Waals surface area contributed by atoms with Gasteiger partial charge in [0.1, 0.15) is 16.8 Å². The highest BCUT2D eigenvalue weighted by Gasteiger charge is 2.38. The lowest BCUT2D eigenvalue weighted by molar-refractivity contribution is -0.160. The smallest absolute Gasteiger partial charge is 0.387 e. The first-order valence-electron chi connectivity index (χ1n) is 11.2. The number of aromatic nitrogens is 3. The molecule has 2 aromatic heterocycles. The molecule has 5 rings (SSSR count). The van der Waals surface area contributed by atoms with Crippen LogP contribution < -0.4 is 15.0 Å². The average Bonchev–Trinajstić information content (AvgIpc) is 3.31. The summed E-state index contributed by atoms with van der Waals surface area (Å²) in [6, 6.07) is 8.39. The fourth-order valence-electron chi connectivity index (χ4n) is 4.29. The third-order valence-electron chi connectivity index (χ3n) is 5.92. The Hall–Kier alpha value is -3.51. The van der Waals surface area contributed by atoms with Crippen LogP contribution in [0.3, 0.4) is 0 Å². The zero-order chi connectivity index (χ0) is 25.3. The zero-order valence-electron chi connectivity index (χ0n) is 18.8. The number of pyridine rings is 1. The number of hydrogen-bond acceptors (Lipinski definition) is 7. The lowest BCUT2D eigenvalue weighted by atomic mass is 9.97. The first-order valence-corrected chi connectivity index (χ1v) is 11.2. The van der Waals surface area contributed by atoms with Crippen molar-refractivity contribution in [3.05, 3.63) is 52.8 Å². The Labute approximate surface area is 202 Å². The summed E-state index contributed by atoms with van der Waals surface area (Å²) in [7, 11) is 0. The van der Waals surface area contributed by atoms with Gasteiger partial charge in [-0.1, -0.05) is 18.2 Å². The van der Waals surface area contributed by atoms with Gasteiger partial charge in [0.15, 0.2) is 12.4 Å². The predicted octanol–water partition coefficient (Wildman–Crippen LogP) is 4.47. The number of rotatable bonds is 7. The van der Waals surface area contributed by atoms with Crippen molar-refractivity contribution in [3.8, 4) is 22.8 Å². The van der Waals surface area contributed by atoms with Crippen molar-refractivity contribution in [2.75, 3.05) is 19.8 Å². The van der Waals surface area contributed by atoms with E-state index in [0.717, 1.165) is 0 Å². The lowest BCUT2D eigenvalue weighted by Gasteiger charge is -2.30. The average molecular weight is 507 g/mol. The molecule has 0 bridgehead atoms. The number of hydrogen-bond donors (Lipinski definition) is 0. The van der Waals surface area contributed by atoms with E-state index >= 15 is 0 Å². The summed E-state index contributed by atoms with van der Waals surface area (Å²) >= 11 is 0. The lowest BCUT2D eigenvalue weighted by Crippen LogP contribution is -2.34. The third-order valence-corrected chi connectivity index (χ3v) is 5.92. The van der Waals surface area contributed by atoms with E-state index < -0.39 is 31.0 Å². The van der Waals surface area contributed by atoms with Crippen molar-refractivity contribution in [2.24, 2.45) is 0 Å². The van der Waals surface area contributed by atoms with Gasteiger partial charge in [-0.3, -0.25) is 4.79 Å². The van der Waals surface area contributed by atoms with Crippen molar-refractivity contribution in [3.63, 3.8) is 0 Å². The summed E-state index contributed by atoms with van der Waals surface area (Å²) in [6.45, 7) is -2.85. The van der Waals surface area contributed by atoms with Crippen LogP contribution in [-0.4, -0.2) is 53.4 Å². The second-order valence-corrected chi connectivity index (χ2v) is 8.22. The van der Waals surface area contributed by atoms with Gasteiger partial charge < -0.3 is 18.9 Å². The van der Waals surface area contributed by atoms with Gasteiger partial charge in [0, 0.05) is 24.6 Å². The number of nitrogens with zero attached hydrogens (tertiary/aromatic N) is 3. The van der Waals surface area contributed by atoms with Crippen LogP contribution in [0.2, 0.25) is 0 Å². The van der Waals surface area contributed by atoms with Gasteiger partial charge in [-0.2, -0.15) is 13.9 Å². The molecule has 8 nitrogen and oxygen atoms in total. The molecule has 0 atom stereocenters. The standard InChI is InChI=1S/C24H21F4N3O5/c25-18(26)13-33-19-6-5-17-21(29-19)20(14-1-3-16(4-2-14)36-23(27)28)22(32)31(30-17)15-7-9-24(10-8-15)34-11-12-35-24/h1-7,18,23H,8-13H2. The Kier molecular flexibility index (Phi) is 6.63. The van der Waals surface area contributed by atoms with E-state index in [4.69, 9.17) is 14.2 Å². The number of ether oxygens (including phenoxy) is 4. The second-order valence-electron chi connectivity index (χ2n) is 8.22. The molecule has 1 fully saturated rings. The topological polar surface area (TPSA) is 84.7 Å². The van der Waals surface area contributed by atoms with E-state index in [2.05, 4.69) is 14.8 Å². The molecule has 0 unspecified atom stereocenters. The number of benzene rings is 1. The van der Waals surface area contributed by atoms with E-state index in [0.29, 0.717) is 49.3 Å². The normalized spacial score (nSPS) is 17.2. The van der Waals surface area contributed by atoms with Crippen LogP contribution in [0, 0.1) is 0 Å². The largest absolute Gasteiger partial charge is 0.472 e. The Morgan fingerprint density at radius 3 is 2.44 bits per heavy atom. The molecule has 3 aromatic rings. The number of halogens is 4. The minimum atomic E-state index is -3.00. The van der Waals surface area contributed by atoms with Crippen molar-refractivity contribution >= 4 is 16.7 Å². The molecule has 1 aliphatic carbocycles. The summed E-state index contributed by atoms with van der Waals surface area (Å²) in [5.41, 5.74) is 1.04. The monoisotopic (exact) mass is 507 g/mol. The molecule has 0 saturated carbocycles. The molecule has 0 N–H and O–H groups in total. The highest BCUT2D eigenvalue weighted by atomic mass is 19.3. The molecule has 2 aliphatic rings. The van der Waals surface area contributed by atoms with Crippen LogP contribution in [0.5, 0.6) is 11.6 Å². The maximum Gasteiger partial charge on any atom is 0.387 e. The van der Waals surface area contributed by atoms with E-state index in [-0.39, 0.29) is 22.7 Å². The minimum Gasteiger partial charge on any atom is -0.472 e. The Balaban J connectivity index is 1.60. The van der Waals surface area contributed by atoms with E-state index in [1.807, 2.05) is 6.08 Å². The van der Waals surface area contributed by atoms with Crippen molar-refractivity contribution in [1.82, 2.24) is 14.8 Å². The summed E-state index contributed by atoms with van der Waals surface area (Å²) < 4.78 is 72.6. The maximum absolute atomic E-state index is 13.7. The molecule has 1 aromatic carbocycles. The summed E-state index contributed by atoms with van der Waals surface area (Å²) in [6.07, 6.45) is 0.583. The van der Waals surface area contributed by atoms with E-state index in [1.165, 1.54) is 41.1 Å². The van der Waals surface area contributed by atoms with Crippen LogP contribution >= 0.6 is 0 Å². The maximum atomic E-state index is 13.7. The second kappa shape index (κ2) is 9.86. The molecule has 1 spiro atoms. The SMILES string of the molecule is O=c1c(-c2ccc(OC(F)F)cc2)c2nc(OCC(F)F)ccc2nn1C1=CCC2(CC1)OCCO2. The predicted molar refractivity (Wildman–Crippen MR) is 120 cm³/mol. The van der Waals surface area contributed by atoms with Crippen LogP contribution in [0.4, 0.5) is 17.6 Å². The number of alkyl halides is 4. The molecule has 12 heteroatoms. The molecule has 0 radical (unpaired) electrons. The quantitative estimate of drug-likeness (QED) is 0.436. The number of fused-ring (bicyclic) bond motifs is 1. The Morgan fingerprint density at radius 1 is 1.06 bits per heavy atom. The Bertz CT molecular complexity index is 1340. The van der Waals surface area contributed by atoms with Crippen LogP contribution in [-0.2, 0) is 9.47 Å². The van der Waals surface area contributed by atoms with Gasteiger partial charge in [-0.25, -0.2) is 18.4 Å². The molecule has 3 heterocycles. The van der Waals surface area contributed by atoms with E-state index in [9.17, 15) is 22.4 Å². The van der Waals surface area contributed by atoms with Crippen molar-refractivity contribution in [1.29, 1.82) is 0 Å². The molecular formula is C24H21F4N3O5. The van der Waals surface area contributed by atoms with Crippen LogP contribution in [0.1, 0.15) is 19.3 Å². The van der Waals surface area contributed by atoms with Gasteiger partial charge >= 0.3 is 6.61 Å². The number of allylic oxidation sites excluding steroid dienone is 1. The fraction of sp³-hybridized carbons (Fsp3) is 0.375. The molecule has 1 aliphatic heterocycles. The summed E-state index contributed by atoms with van der Waals surface area (Å²) in [5, 5.41) is 4.46. The van der Waals surface area contributed by atoms with Crippen molar-refractivity contribution < 1.29 is 36.5 Å². The summed E-state index contributed by atoms with van der Waals surface area (Å²) in [5.74, 6) is -0.876. The zero-order valence-corrected chi connectivity index (χ0v) is 18.8. The third kappa shape index (κ3) is 4.91. The highest BCUT2D eigenvalue weighted by molar-refractivity contribution is 5.91. The van der Waals surface area contributed by atoms with Crippen molar-refractivity contribution in [2.45, 2.75) is 38.1 Å². The molecular weight excluding hydrogens is 486 g/mol. The van der Waals surface area contributed by atoms with Gasteiger partial charge in [0.05, 0.1) is 18.8 Å². The van der Waals surface area contributed by atoms with Crippen LogP contribution in [0.15, 0.2) is 47.3 Å². The van der Waals surface area contributed by atoms with Gasteiger partial charge in [-0.15, -0.1) is 0 Å². The van der Waals surface area contributed by atoms with Crippen LogP contribution in [0.25, 0.3) is 27.9 Å². The molecule has 1 saturated heterocycles. The first kappa shape index (κ1) is 24.2. The van der Waals surface area contributed by atoms with Gasteiger partial charge in [0.25, 0.3) is 12.0 Å².